The summed E-state index contributed by atoms with van der Waals surface area (Å²) in [4.78, 5) is 11.5. The van der Waals surface area contributed by atoms with Crippen molar-refractivity contribution in [1.29, 1.82) is 0 Å². The quantitative estimate of drug-likeness (QED) is 0.672. The van der Waals surface area contributed by atoms with Gasteiger partial charge in [-0.15, -0.1) is 0 Å². The first-order valence-electron chi connectivity index (χ1n) is 4.44. The number of aromatic nitrogens is 4. The minimum Gasteiger partial charge on any atom is -0.244 e. The second kappa shape index (κ2) is 3.32. The lowest BCUT2D eigenvalue weighted by Gasteiger charge is -2.15. The second-order valence-electron chi connectivity index (χ2n) is 4.30. The largest absolute Gasteiger partial charge is 0.363 e. The molecular weight excluding hydrogens is 168 g/mol. The Balaban J connectivity index is 2.91. The maximum Gasteiger partial charge on any atom is 0.363 e. The number of aryl methyl sites for hydroxylation is 1. The number of tetrazole rings is 1. The third-order valence-electron chi connectivity index (χ3n) is 1.62. The smallest absolute Gasteiger partial charge is 0.244 e. The van der Waals surface area contributed by atoms with E-state index in [2.05, 4.69) is 31.2 Å². The molecule has 74 valence electrons. The molecule has 0 aliphatic carbocycles. The van der Waals surface area contributed by atoms with Gasteiger partial charge in [0.25, 0.3) is 0 Å². The maximum atomic E-state index is 11.5. The van der Waals surface area contributed by atoms with Gasteiger partial charge in [-0.25, -0.2) is 4.79 Å². The summed E-state index contributed by atoms with van der Waals surface area (Å²) in [6.07, 6.45) is 0. The minimum atomic E-state index is -0.127. The molecule has 0 aromatic carbocycles. The fourth-order valence-corrected chi connectivity index (χ4v) is 1.05. The molecule has 0 N–H and O–H groups in total. The molecule has 0 spiro atoms. The van der Waals surface area contributed by atoms with Crippen molar-refractivity contribution in [2.45, 2.75) is 40.8 Å². The summed E-state index contributed by atoms with van der Waals surface area (Å²) in [5.74, 6) is 0. The summed E-state index contributed by atoms with van der Waals surface area (Å²) in [7, 11) is 0. The summed E-state index contributed by atoms with van der Waals surface area (Å²) in [5, 5.41) is 7.52. The maximum absolute atomic E-state index is 11.5. The molecule has 5 nitrogen and oxygen atoms in total. The second-order valence-corrected chi connectivity index (χ2v) is 4.30. The molecule has 0 amide bonds. The molecule has 0 aliphatic heterocycles. The molecule has 0 saturated heterocycles. The Morgan fingerprint density at radius 2 is 1.77 bits per heavy atom. The van der Waals surface area contributed by atoms with Crippen molar-refractivity contribution in [2.75, 3.05) is 0 Å². The third-order valence-corrected chi connectivity index (χ3v) is 1.62. The van der Waals surface area contributed by atoms with Gasteiger partial charge in [-0.1, -0.05) is 20.8 Å². The van der Waals surface area contributed by atoms with E-state index in [0.717, 1.165) is 0 Å². The first-order chi connectivity index (χ1) is 5.94. The van der Waals surface area contributed by atoms with Crippen molar-refractivity contribution in [3.05, 3.63) is 10.5 Å². The Labute approximate surface area is 77.3 Å². The summed E-state index contributed by atoms with van der Waals surface area (Å²) < 4.78 is 2.76. The van der Waals surface area contributed by atoms with Crippen LogP contribution in [-0.2, 0) is 13.1 Å². The number of hydrogen-bond acceptors (Lipinski definition) is 3. The average molecular weight is 184 g/mol. The molecule has 0 bridgehead atoms. The SMILES string of the molecule is CCn1nnn(CC(C)(C)C)c1=O. The van der Waals surface area contributed by atoms with Gasteiger partial charge in [-0.05, 0) is 22.8 Å². The van der Waals surface area contributed by atoms with Crippen molar-refractivity contribution in [2.24, 2.45) is 5.41 Å². The van der Waals surface area contributed by atoms with E-state index in [1.165, 1.54) is 9.36 Å². The molecular formula is C8H16N4O. The monoisotopic (exact) mass is 184 g/mol. The topological polar surface area (TPSA) is 52.7 Å². The van der Waals surface area contributed by atoms with Crippen molar-refractivity contribution < 1.29 is 0 Å². The molecule has 1 aromatic rings. The number of nitrogens with zero attached hydrogens (tertiary/aromatic N) is 4. The molecule has 0 fully saturated rings. The lowest BCUT2D eigenvalue weighted by atomic mass is 9.97. The Hall–Kier alpha value is -1.13. The number of hydrogen-bond donors (Lipinski definition) is 0. The normalized spacial score (nSPS) is 12.0. The molecule has 0 atom stereocenters. The predicted molar refractivity (Wildman–Crippen MR) is 49.4 cm³/mol. The van der Waals surface area contributed by atoms with Crippen molar-refractivity contribution in [3.8, 4) is 0 Å². The number of rotatable bonds is 2. The van der Waals surface area contributed by atoms with E-state index in [1.54, 1.807) is 0 Å². The van der Waals surface area contributed by atoms with E-state index in [9.17, 15) is 4.79 Å². The highest BCUT2D eigenvalue weighted by Crippen LogP contribution is 2.13. The fraction of sp³-hybridized carbons (Fsp3) is 0.875. The highest BCUT2D eigenvalue weighted by molar-refractivity contribution is 4.65. The molecule has 0 unspecified atom stereocenters. The highest BCUT2D eigenvalue weighted by Gasteiger charge is 2.15. The van der Waals surface area contributed by atoms with Crippen LogP contribution in [0.2, 0.25) is 0 Å². The zero-order valence-corrected chi connectivity index (χ0v) is 8.61. The van der Waals surface area contributed by atoms with Gasteiger partial charge in [-0.2, -0.15) is 9.36 Å². The standard InChI is InChI=1S/C8H16N4O/c1-5-11-7(13)12(10-9-11)6-8(2,3)4/h5-6H2,1-4H3. The predicted octanol–water partition coefficient (Wildman–Crippen LogP) is 0.506. The van der Waals surface area contributed by atoms with Crippen LogP contribution in [0.5, 0.6) is 0 Å². The van der Waals surface area contributed by atoms with E-state index in [4.69, 9.17) is 0 Å². The van der Waals surface area contributed by atoms with Crippen LogP contribution in [0.25, 0.3) is 0 Å². The lowest BCUT2D eigenvalue weighted by molar-refractivity contribution is 0.316. The summed E-state index contributed by atoms with van der Waals surface area (Å²) in [5.41, 5.74) is -0.0734. The Morgan fingerprint density at radius 1 is 1.23 bits per heavy atom. The van der Waals surface area contributed by atoms with Crippen LogP contribution >= 0.6 is 0 Å². The Kier molecular flexibility index (Phi) is 2.54. The van der Waals surface area contributed by atoms with Crippen molar-refractivity contribution in [3.63, 3.8) is 0 Å². The first-order valence-corrected chi connectivity index (χ1v) is 4.44. The van der Waals surface area contributed by atoms with E-state index < -0.39 is 0 Å². The average Bonchev–Trinajstić information content (AvgIpc) is 2.30. The van der Waals surface area contributed by atoms with Gasteiger partial charge < -0.3 is 0 Å². The third kappa shape index (κ3) is 2.40. The van der Waals surface area contributed by atoms with Gasteiger partial charge in [0.2, 0.25) is 0 Å². The van der Waals surface area contributed by atoms with Crippen LogP contribution < -0.4 is 5.69 Å². The van der Waals surface area contributed by atoms with Crippen LogP contribution in [0.1, 0.15) is 27.7 Å². The zero-order valence-electron chi connectivity index (χ0n) is 8.61. The molecule has 1 heterocycles. The van der Waals surface area contributed by atoms with E-state index >= 15 is 0 Å². The van der Waals surface area contributed by atoms with Gasteiger partial charge >= 0.3 is 5.69 Å². The molecule has 0 radical (unpaired) electrons. The van der Waals surface area contributed by atoms with Crippen LogP contribution in [0.4, 0.5) is 0 Å². The summed E-state index contributed by atoms with van der Waals surface area (Å²) >= 11 is 0. The molecule has 1 aromatic heterocycles. The molecule has 13 heavy (non-hydrogen) atoms. The van der Waals surface area contributed by atoms with Crippen molar-refractivity contribution in [1.82, 2.24) is 19.8 Å². The van der Waals surface area contributed by atoms with Crippen LogP contribution in [0, 0.1) is 5.41 Å². The van der Waals surface area contributed by atoms with Crippen LogP contribution in [0.3, 0.4) is 0 Å². The molecule has 5 heteroatoms. The fourth-order valence-electron chi connectivity index (χ4n) is 1.05. The van der Waals surface area contributed by atoms with Gasteiger partial charge in [0.05, 0.1) is 6.54 Å². The Bertz CT molecular complexity index is 331. The minimum absolute atomic E-state index is 0.0540. The van der Waals surface area contributed by atoms with E-state index in [1.807, 2.05) is 6.92 Å². The molecule has 0 saturated carbocycles. The Morgan fingerprint density at radius 3 is 2.15 bits per heavy atom. The first kappa shape index (κ1) is 9.95. The van der Waals surface area contributed by atoms with E-state index in [0.29, 0.717) is 13.1 Å². The van der Waals surface area contributed by atoms with Crippen molar-refractivity contribution >= 4 is 0 Å². The van der Waals surface area contributed by atoms with Gasteiger partial charge in [0.1, 0.15) is 0 Å². The lowest BCUT2D eigenvalue weighted by Crippen LogP contribution is -2.29. The molecule has 0 aliphatic rings. The summed E-state index contributed by atoms with van der Waals surface area (Å²) in [6.45, 7) is 9.23. The van der Waals surface area contributed by atoms with Crippen LogP contribution in [-0.4, -0.2) is 19.8 Å². The zero-order chi connectivity index (χ0) is 10.1. The van der Waals surface area contributed by atoms with Gasteiger partial charge in [0, 0.05) is 6.54 Å². The molecule has 1 rings (SSSR count). The van der Waals surface area contributed by atoms with Gasteiger partial charge in [-0.3, -0.25) is 0 Å². The van der Waals surface area contributed by atoms with E-state index in [-0.39, 0.29) is 11.1 Å². The van der Waals surface area contributed by atoms with Crippen LogP contribution in [0.15, 0.2) is 4.79 Å². The van der Waals surface area contributed by atoms with Gasteiger partial charge in [0.15, 0.2) is 0 Å². The summed E-state index contributed by atoms with van der Waals surface area (Å²) in [6, 6.07) is 0. The highest BCUT2D eigenvalue weighted by atomic mass is 16.2.